The first-order chi connectivity index (χ1) is 10.1. The van der Waals surface area contributed by atoms with E-state index in [9.17, 15) is 9.59 Å². The quantitative estimate of drug-likeness (QED) is 0.458. The molecule has 0 saturated heterocycles. The molecule has 114 valence electrons. The van der Waals surface area contributed by atoms with E-state index in [4.69, 9.17) is 9.47 Å². The van der Waals surface area contributed by atoms with Crippen molar-refractivity contribution in [2.45, 2.75) is 13.3 Å². The number of methoxy groups -OCH3 is 2. The van der Waals surface area contributed by atoms with Gasteiger partial charge >= 0.3 is 11.8 Å². The first-order valence-corrected chi connectivity index (χ1v) is 6.45. The summed E-state index contributed by atoms with van der Waals surface area (Å²) in [6, 6.07) is 5.15. The number of carbonyl (C=O) groups is 2. The van der Waals surface area contributed by atoms with Crippen LogP contribution in [0.3, 0.4) is 0 Å². The number of hydrogen-bond acceptors (Lipinski definition) is 5. The van der Waals surface area contributed by atoms with Gasteiger partial charge < -0.3 is 14.8 Å². The Bertz CT molecular complexity index is 529. The molecule has 0 bridgehead atoms. The van der Waals surface area contributed by atoms with Gasteiger partial charge in [0.25, 0.3) is 0 Å². The fourth-order valence-electron chi connectivity index (χ4n) is 1.46. The van der Waals surface area contributed by atoms with Gasteiger partial charge in [-0.3, -0.25) is 9.59 Å². The average molecular weight is 293 g/mol. The molecule has 0 unspecified atom stereocenters. The average Bonchev–Trinajstić information content (AvgIpc) is 2.52. The highest BCUT2D eigenvalue weighted by molar-refractivity contribution is 6.35. The minimum atomic E-state index is -0.813. The van der Waals surface area contributed by atoms with Crippen molar-refractivity contribution in [1.29, 1.82) is 0 Å². The third-order valence-corrected chi connectivity index (χ3v) is 2.55. The number of benzene rings is 1. The maximum atomic E-state index is 11.4. The molecular formula is C14H19N3O4. The number of ether oxygens (including phenoxy) is 2. The predicted molar refractivity (Wildman–Crippen MR) is 78.6 cm³/mol. The first kappa shape index (κ1) is 16.5. The molecule has 1 aromatic rings. The smallest absolute Gasteiger partial charge is 0.329 e. The van der Waals surface area contributed by atoms with Crippen LogP contribution in [0, 0.1) is 0 Å². The Labute approximate surface area is 123 Å². The van der Waals surface area contributed by atoms with Gasteiger partial charge in [-0.2, -0.15) is 5.10 Å². The van der Waals surface area contributed by atoms with Crippen molar-refractivity contribution < 1.29 is 19.1 Å². The van der Waals surface area contributed by atoms with E-state index in [0.717, 1.165) is 6.42 Å². The van der Waals surface area contributed by atoms with Crippen LogP contribution in [0.2, 0.25) is 0 Å². The molecule has 0 aromatic heterocycles. The Kier molecular flexibility index (Phi) is 6.73. The molecule has 1 rings (SSSR count). The Morgan fingerprint density at radius 2 is 2.00 bits per heavy atom. The Morgan fingerprint density at radius 1 is 1.24 bits per heavy atom. The number of hydrazone groups is 1. The van der Waals surface area contributed by atoms with E-state index in [0.29, 0.717) is 23.6 Å². The normalized spacial score (nSPS) is 10.2. The highest BCUT2D eigenvalue weighted by atomic mass is 16.5. The van der Waals surface area contributed by atoms with Gasteiger partial charge in [-0.05, 0) is 18.6 Å². The minimum Gasteiger partial charge on any atom is -0.497 e. The fourth-order valence-corrected chi connectivity index (χ4v) is 1.46. The molecule has 21 heavy (non-hydrogen) atoms. The van der Waals surface area contributed by atoms with Crippen molar-refractivity contribution in [3.8, 4) is 11.5 Å². The lowest BCUT2D eigenvalue weighted by molar-refractivity contribution is -0.139. The lowest BCUT2D eigenvalue weighted by atomic mass is 10.2. The summed E-state index contributed by atoms with van der Waals surface area (Å²) in [4.78, 5) is 22.7. The van der Waals surface area contributed by atoms with E-state index in [1.807, 2.05) is 6.92 Å². The number of hydrogen-bond donors (Lipinski definition) is 2. The molecule has 2 amide bonds. The molecule has 0 heterocycles. The number of rotatable bonds is 6. The number of carbonyl (C=O) groups excluding carboxylic acids is 2. The van der Waals surface area contributed by atoms with E-state index in [-0.39, 0.29) is 0 Å². The third kappa shape index (κ3) is 5.13. The van der Waals surface area contributed by atoms with Crippen LogP contribution in [0.5, 0.6) is 11.5 Å². The molecule has 7 heteroatoms. The SMILES string of the molecule is CCCNC(=O)C(=O)N/N=C\c1ccc(OC)cc1OC. The van der Waals surface area contributed by atoms with Crippen LogP contribution in [-0.4, -0.2) is 38.8 Å². The van der Waals surface area contributed by atoms with E-state index in [2.05, 4.69) is 15.8 Å². The highest BCUT2D eigenvalue weighted by Gasteiger charge is 2.11. The molecule has 2 N–H and O–H groups in total. The van der Waals surface area contributed by atoms with Crippen LogP contribution < -0.4 is 20.2 Å². The van der Waals surface area contributed by atoms with Gasteiger partial charge in [0, 0.05) is 18.2 Å². The number of nitrogens with one attached hydrogen (secondary N) is 2. The summed E-state index contributed by atoms with van der Waals surface area (Å²) in [5.74, 6) is -0.336. The predicted octanol–water partition coefficient (Wildman–Crippen LogP) is 0.680. The maximum Gasteiger partial charge on any atom is 0.329 e. The number of amides is 2. The summed E-state index contributed by atoms with van der Waals surface area (Å²) >= 11 is 0. The van der Waals surface area contributed by atoms with Crippen LogP contribution in [0.25, 0.3) is 0 Å². The molecule has 0 radical (unpaired) electrons. The van der Waals surface area contributed by atoms with Crippen LogP contribution in [0.4, 0.5) is 0 Å². The third-order valence-electron chi connectivity index (χ3n) is 2.55. The van der Waals surface area contributed by atoms with Gasteiger partial charge in [0.15, 0.2) is 0 Å². The summed E-state index contributed by atoms with van der Waals surface area (Å²) in [6.45, 7) is 2.34. The molecule has 0 saturated carbocycles. The second-order valence-corrected chi connectivity index (χ2v) is 4.06. The van der Waals surface area contributed by atoms with Crippen molar-refractivity contribution >= 4 is 18.0 Å². The molecule has 0 aliphatic rings. The molecule has 0 spiro atoms. The summed E-state index contributed by atoms with van der Waals surface area (Å²) < 4.78 is 10.3. The van der Waals surface area contributed by atoms with Crippen LogP contribution in [0.1, 0.15) is 18.9 Å². The largest absolute Gasteiger partial charge is 0.497 e. The Balaban J connectivity index is 2.64. The standard InChI is InChI=1S/C14H19N3O4/c1-4-7-15-13(18)14(19)17-16-9-10-5-6-11(20-2)8-12(10)21-3/h5-6,8-9H,4,7H2,1-3H3,(H,15,18)(H,17,19)/b16-9-. The maximum absolute atomic E-state index is 11.4. The fraction of sp³-hybridized carbons (Fsp3) is 0.357. The van der Waals surface area contributed by atoms with E-state index in [1.54, 1.807) is 25.3 Å². The molecular weight excluding hydrogens is 274 g/mol. The van der Waals surface area contributed by atoms with Gasteiger partial charge in [0.2, 0.25) is 0 Å². The van der Waals surface area contributed by atoms with Gasteiger partial charge in [-0.15, -0.1) is 0 Å². The zero-order chi connectivity index (χ0) is 15.7. The molecule has 7 nitrogen and oxygen atoms in total. The molecule has 0 aliphatic carbocycles. The summed E-state index contributed by atoms with van der Waals surface area (Å²) in [6.07, 6.45) is 2.15. The van der Waals surface area contributed by atoms with Crippen LogP contribution in [0.15, 0.2) is 23.3 Å². The van der Waals surface area contributed by atoms with Crippen molar-refractivity contribution in [2.75, 3.05) is 20.8 Å². The van der Waals surface area contributed by atoms with Crippen molar-refractivity contribution in [1.82, 2.24) is 10.7 Å². The van der Waals surface area contributed by atoms with E-state index in [1.165, 1.54) is 13.3 Å². The van der Waals surface area contributed by atoms with Gasteiger partial charge in [-0.25, -0.2) is 5.43 Å². The first-order valence-electron chi connectivity index (χ1n) is 6.45. The van der Waals surface area contributed by atoms with Gasteiger partial charge in [-0.1, -0.05) is 6.92 Å². The second kappa shape index (κ2) is 8.57. The van der Waals surface area contributed by atoms with Crippen LogP contribution >= 0.6 is 0 Å². The van der Waals surface area contributed by atoms with E-state index >= 15 is 0 Å². The molecule has 0 fully saturated rings. The summed E-state index contributed by atoms with van der Waals surface area (Å²) in [7, 11) is 3.07. The zero-order valence-electron chi connectivity index (χ0n) is 12.3. The zero-order valence-corrected chi connectivity index (χ0v) is 12.3. The van der Waals surface area contributed by atoms with Gasteiger partial charge in [0.1, 0.15) is 11.5 Å². The molecule has 1 aromatic carbocycles. The highest BCUT2D eigenvalue weighted by Crippen LogP contribution is 2.22. The molecule has 0 atom stereocenters. The van der Waals surface area contributed by atoms with Crippen LogP contribution in [-0.2, 0) is 9.59 Å². The number of nitrogens with zero attached hydrogens (tertiary/aromatic N) is 1. The second-order valence-electron chi connectivity index (χ2n) is 4.06. The topological polar surface area (TPSA) is 89.0 Å². The van der Waals surface area contributed by atoms with E-state index < -0.39 is 11.8 Å². The Hall–Kier alpha value is -2.57. The van der Waals surface area contributed by atoms with Crippen molar-refractivity contribution in [3.63, 3.8) is 0 Å². The van der Waals surface area contributed by atoms with Crippen molar-refractivity contribution in [2.24, 2.45) is 5.10 Å². The Morgan fingerprint density at radius 3 is 2.62 bits per heavy atom. The monoisotopic (exact) mass is 293 g/mol. The van der Waals surface area contributed by atoms with Gasteiger partial charge in [0.05, 0.1) is 20.4 Å². The molecule has 0 aliphatic heterocycles. The lowest BCUT2D eigenvalue weighted by Crippen LogP contribution is -2.38. The minimum absolute atomic E-state index is 0.447. The summed E-state index contributed by atoms with van der Waals surface area (Å²) in [5.41, 5.74) is 2.80. The summed E-state index contributed by atoms with van der Waals surface area (Å²) in [5, 5.41) is 6.18. The lowest BCUT2D eigenvalue weighted by Gasteiger charge is -2.06. The van der Waals surface area contributed by atoms with Crippen molar-refractivity contribution in [3.05, 3.63) is 23.8 Å².